The molecule has 2 aromatic carbocycles. The summed E-state index contributed by atoms with van der Waals surface area (Å²) < 4.78 is 0. The molecule has 106 valence electrons. The van der Waals surface area contributed by atoms with Crippen LogP contribution >= 0.6 is 11.6 Å². The lowest BCUT2D eigenvalue weighted by molar-refractivity contribution is 0.223. The molecule has 0 heterocycles. The molecule has 4 nitrogen and oxygen atoms in total. The van der Waals surface area contributed by atoms with Crippen LogP contribution in [0.4, 0.5) is 5.69 Å². The van der Waals surface area contributed by atoms with Gasteiger partial charge in [0.1, 0.15) is 11.5 Å². The highest BCUT2D eigenvalue weighted by Crippen LogP contribution is 2.33. The first-order valence-electron chi connectivity index (χ1n) is 6.12. The molecule has 0 aliphatic rings. The third-order valence-electron chi connectivity index (χ3n) is 3.14. The Morgan fingerprint density at radius 1 is 1.10 bits per heavy atom. The fourth-order valence-corrected chi connectivity index (χ4v) is 2.16. The predicted molar refractivity (Wildman–Crippen MR) is 79.3 cm³/mol. The second-order valence-corrected chi connectivity index (χ2v) is 5.24. The summed E-state index contributed by atoms with van der Waals surface area (Å²) in [6.07, 6.45) is 0. The van der Waals surface area contributed by atoms with Gasteiger partial charge in [0, 0.05) is 6.07 Å². The van der Waals surface area contributed by atoms with Gasteiger partial charge in [-0.3, -0.25) is 0 Å². The monoisotopic (exact) mass is 293 g/mol. The highest BCUT2D eigenvalue weighted by Gasteiger charge is 2.27. The number of hydrogen-bond acceptors (Lipinski definition) is 4. The lowest BCUT2D eigenvalue weighted by Gasteiger charge is -2.31. The summed E-state index contributed by atoms with van der Waals surface area (Å²) in [6, 6.07) is 11.4. The Hall–Kier alpha value is -1.91. The van der Waals surface area contributed by atoms with Gasteiger partial charge in [0.2, 0.25) is 0 Å². The molecule has 0 amide bonds. The van der Waals surface area contributed by atoms with E-state index in [0.29, 0.717) is 16.3 Å². The Morgan fingerprint density at radius 2 is 1.70 bits per heavy atom. The smallest absolute Gasteiger partial charge is 0.119 e. The molecule has 2 rings (SSSR count). The number of anilines is 1. The van der Waals surface area contributed by atoms with Gasteiger partial charge >= 0.3 is 0 Å². The Morgan fingerprint density at radius 3 is 2.25 bits per heavy atom. The fraction of sp³-hybridized carbons (Fsp3) is 0.200. The van der Waals surface area contributed by atoms with Crippen molar-refractivity contribution < 1.29 is 15.3 Å². The van der Waals surface area contributed by atoms with Crippen molar-refractivity contribution in [2.45, 2.75) is 12.5 Å². The zero-order valence-corrected chi connectivity index (χ0v) is 11.7. The van der Waals surface area contributed by atoms with E-state index in [1.165, 1.54) is 18.2 Å². The lowest BCUT2D eigenvalue weighted by Crippen LogP contribution is -2.35. The molecule has 0 aliphatic carbocycles. The summed E-state index contributed by atoms with van der Waals surface area (Å²) in [5.74, 6) is -0.138. The second kappa shape index (κ2) is 5.61. The zero-order chi connectivity index (χ0) is 14.8. The van der Waals surface area contributed by atoms with E-state index in [9.17, 15) is 15.3 Å². The normalized spacial score (nSPS) is 13.8. The molecule has 20 heavy (non-hydrogen) atoms. The SMILES string of the molecule is CC(CO)(Nc1ccccc1Cl)c1cc(O)cc(O)c1. The molecule has 1 unspecified atom stereocenters. The molecule has 2 aromatic rings. The molecule has 1 atom stereocenters. The van der Waals surface area contributed by atoms with Crippen LogP contribution in [-0.2, 0) is 5.54 Å². The number of phenolic OH excluding ortho intramolecular Hbond substituents is 2. The molecule has 0 aromatic heterocycles. The molecule has 0 fully saturated rings. The summed E-state index contributed by atoms with van der Waals surface area (Å²) in [5.41, 5.74) is 0.326. The van der Waals surface area contributed by atoms with Crippen LogP contribution in [0.5, 0.6) is 11.5 Å². The first-order valence-corrected chi connectivity index (χ1v) is 6.49. The van der Waals surface area contributed by atoms with E-state index >= 15 is 0 Å². The van der Waals surface area contributed by atoms with Gasteiger partial charge in [-0.1, -0.05) is 23.7 Å². The first kappa shape index (κ1) is 14.5. The molecule has 0 saturated carbocycles. The van der Waals surface area contributed by atoms with E-state index in [4.69, 9.17) is 11.6 Å². The van der Waals surface area contributed by atoms with Gasteiger partial charge in [0.25, 0.3) is 0 Å². The van der Waals surface area contributed by atoms with E-state index in [2.05, 4.69) is 5.32 Å². The molecule has 0 spiro atoms. The summed E-state index contributed by atoms with van der Waals surface area (Å²) in [4.78, 5) is 0. The van der Waals surface area contributed by atoms with Gasteiger partial charge < -0.3 is 20.6 Å². The van der Waals surface area contributed by atoms with Crippen molar-refractivity contribution in [3.05, 3.63) is 53.1 Å². The topological polar surface area (TPSA) is 72.7 Å². The van der Waals surface area contributed by atoms with Crippen molar-refractivity contribution in [1.29, 1.82) is 0 Å². The number of aliphatic hydroxyl groups is 1. The maximum Gasteiger partial charge on any atom is 0.119 e. The number of hydrogen-bond donors (Lipinski definition) is 4. The van der Waals surface area contributed by atoms with Crippen molar-refractivity contribution in [3.8, 4) is 11.5 Å². The van der Waals surface area contributed by atoms with Crippen LogP contribution in [0, 0.1) is 0 Å². The molecule has 0 saturated heterocycles. The molecule has 0 bridgehead atoms. The zero-order valence-electron chi connectivity index (χ0n) is 11.0. The van der Waals surface area contributed by atoms with Crippen LogP contribution in [0.2, 0.25) is 5.02 Å². The van der Waals surface area contributed by atoms with Crippen LogP contribution in [0.1, 0.15) is 12.5 Å². The number of phenols is 2. The highest BCUT2D eigenvalue weighted by atomic mass is 35.5. The van der Waals surface area contributed by atoms with Crippen LogP contribution in [-0.4, -0.2) is 21.9 Å². The molecular weight excluding hydrogens is 278 g/mol. The van der Waals surface area contributed by atoms with Crippen molar-refractivity contribution in [1.82, 2.24) is 0 Å². The highest BCUT2D eigenvalue weighted by molar-refractivity contribution is 6.33. The fourth-order valence-electron chi connectivity index (χ4n) is 1.98. The largest absolute Gasteiger partial charge is 0.508 e. The maximum atomic E-state index is 9.70. The Kier molecular flexibility index (Phi) is 4.06. The summed E-state index contributed by atoms with van der Waals surface area (Å²) in [6.45, 7) is 1.52. The van der Waals surface area contributed by atoms with Gasteiger partial charge in [-0.2, -0.15) is 0 Å². The van der Waals surface area contributed by atoms with Crippen LogP contribution in [0.25, 0.3) is 0 Å². The Bertz CT molecular complexity index is 598. The Balaban J connectivity index is 2.41. The standard InChI is InChI=1S/C15H16ClNO3/c1-15(9-18,10-6-11(19)8-12(20)7-10)17-14-5-3-2-4-13(14)16/h2-8,17-20H,9H2,1H3. The van der Waals surface area contributed by atoms with E-state index in [1.54, 1.807) is 19.1 Å². The minimum absolute atomic E-state index is 0.0689. The number of nitrogens with one attached hydrogen (secondary N) is 1. The van der Waals surface area contributed by atoms with Crippen molar-refractivity contribution in [3.63, 3.8) is 0 Å². The maximum absolute atomic E-state index is 9.70. The predicted octanol–water partition coefficient (Wildman–Crippen LogP) is 3.07. The average molecular weight is 294 g/mol. The summed E-state index contributed by atoms with van der Waals surface area (Å²) in [5, 5.41) is 32.5. The van der Waals surface area contributed by atoms with E-state index < -0.39 is 5.54 Å². The number of aliphatic hydroxyl groups excluding tert-OH is 1. The third kappa shape index (κ3) is 2.98. The lowest BCUT2D eigenvalue weighted by atomic mass is 9.92. The average Bonchev–Trinajstić information content (AvgIpc) is 2.40. The molecule has 5 heteroatoms. The quantitative estimate of drug-likeness (QED) is 0.699. The van der Waals surface area contributed by atoms with Crippen LogP contribution < -0.4 is 5.32 Å². The Labute approximate surface area is 122 Å². The van der Waals surface area contributed by atoms with Crippen LogP contribution in [0.15, 0.2) is 42.5 Å². The number of rotatable bonds is 4. The van der Waals surface area contributed by atoms with E-state index in [1.807, 2.05) is 12.1 Å². The van der Waals surface area contributed by atoms with Gasteiger partial charge in [0.05, 0.1) is 22.9 Å². The minimum Gasteiger partial charge on any atom is -0.508 e. The van der Waals surface area contributed by atoms with Crippen LogP contribution in [0.3, 0.4) is 0 Å². The van der Waals surface area contributed by atoms with Gasteiger partial charge in [-0.05, 0) is 36.8 Å². The number of para-hydroxylation sites is 1. The van der Waals surface area contributed by atoms with Crippen molar-refractivity contribution in [2.24, 2.45) is 0 Å². The molecule has 4 N–H and O–H groups in total. The summed E-state index contributed by atoms with van der Waals surface area (Å²) >= 11 is 6.09. The number of aromatic hydroxyl groups is 2. The molecular formula is C15H16ClNO3. The third-order valence-corrected chi connectivity index (χ3v) is 3.47. The first-order chi connectivity index (χ1) is 9.44. The van der Waals surface area contributed by atoms with Gasteiger partial charge in [-0.25, -0.2) is 0 Å². The minimum atomic E-state index is -0.888. The van der Waals surface area contributed by atoms with Crippen molar-refractivity contribution >= 4 is 17.3 Å². The molecule has 0 radical (unpaired) electrons. The van der Waals surface area contributed by atoms with Gasteiger partial charge in [0.15, 0.2) is 0 Å². The second-order valence-electron chi connectivity index (χ2n) is 4.83. The number of halogens is 1. The molecule has 0 aliphatic heterocycles. The van der Waals surface area contributed by atoms with E-state index in [0.717, 1.165) is 0 Å². The van der Waals surface area contributed by atoms with Crippen molar-refractivity contribution in [2.75, 3.05) is 11.9 Å². The van der Waals surface area contributed by atoms with Gasteiger partial charge in [-0.15, -0.1) is 0 Å². The number of benzene rings is 2. The summed E-state index contributed by atoms with van der Waals surface area (Å²) in [7, 11) is 0. The van der Waals surface area contributed by atoms with E-state index in [-0.39, 0.29) is 18.1 Å².